The second-order valence-electron chi connectivity index (χ2n) is 4.87. The molecular formula is C16H16O2. The highest BCUT2D eigenvalue weighted by Crippen LogP contribution is 2.45. The Bertz CT molecular complexity index is 600. The summed E-state index contributed by atoms with van der Waals surface area (Å²) in [7, 11) is 1.70. The van der Waals surface area contributed by atoms with Crippen molar-refractivity contribution in [3.8, 4) is 28.4 Å². The smallest absolute Gasteiger partial charge is 0.135 e. The molecule has 0 unspecified atom stereocenters. The summed E-state index contributed by atoms with van der Waals surface area (Å²) >= 11 is 0. The molecule has 0 bridgehead atoms. The monoisotopic (exact) mass is 240 g/mol. The molecule has 0 fully saturated rings. The Morgan fingerprint density at radius 3 is 2.28 bits per heavy atom. The van der Waals surface area contributed by atoms with Gasteiger partial charge in [0, 0.05) is 11.1 Å². The Morgan fingerprint density at radius 1 is 0.944 bits per heavy atom. The SMILES string of the molecule is COc1ccc(Oc2ccc3cc2-3)cc1C(C)C. The van der Waals surface area contributed by atoms with Crippen molar-refractivity contribution in [3.05, 3.63) is 42.0 Å². The van der Waals surface area contributed by atoms with Gasteiger partial charge in [0.05, 0.1) is 7.11 Å². The van der Waals surface area contributed by atoms with Crippen molar-refractivity contribution in [2.24, 2.45) is 0 Å². The number of methoxy groups -OCH3 is 1. The van der Waals surface area contributed by atoms with Crippen molar-refractivity contribution in [2.75, 3.05) is 7.11 Å². The zero-order valence-electron chi connectivity index (χ0n) is 10.9. The molecule has 2 nitrogen and oxygen atoms in total. The van der Waals surface area contributed by atoms with Gasteiger partial charge in [0.15, 0.2) is 0 Å². The van der Waals surface area contributed by atoms with E-state index >= 15 is 0 Å². The molecule has 2 aliphatic carbocycles. The van der Waals surface area contributed by atoms with Crippen molar-refractivity contribution in [3.63, 3.8) is 0 Å². The largest absolute Gasteiger partial charge is 0.496 e. The van der Waals surface area contributed by atoms with E-state index in [0.29, 0.717) is 5.92 Å². The fourth-order valence-electron chi connectivity index (χ4n) is 2.17. The summed E-state index contributed by atoms with van der Waals surface area (Å²) in [5, 5.41) is 0. The van der Waals surface area contributed by atoms with E-state index in [9.17, 15) is 0 Å². The third kappa shape index (κ3) is 1.84. The number of hydrogen-bond acceptors (Lipinski definition) is 2. The van der Waals surface area contributed by atoms with E-state index in [1.165, 1.54) is 16.7 Å². The van der Waals surface area contributed by atoms with Crippen molar-refractivity contribution >= 4 is 0 Å². The molecule has 0 saturated heterocycles. The molecule has 0 aromatic heterocycles. The number of hydrogen-bond donors (Lipinski definition) is 0. The van der Waals surface area contributed by atoms with Gasteiger partial charge in [-0.1, -0.05) is 19.9 Å². The van der Waals surface area contributed by atoms with Crippen LogP contribution in [0.25, 0.3) is 11.1 Å². The zero-order chi connectivity index (χ0) is 12.7. The molecule has 1 aromatic rings. The quantitative estimate of drug-likeness (QED) is 0.664. The van der Waals surface area contributed by atoms with E-state index in [-0.39, 0.29) is 0 Å². The van der Waals surface area contributed by atoms with Gasteiger partial charge in [-0.2, -0.15) is 0 Å². The van der Waals surface area contributed by atoms with Crippen LogP contribution in [0.4, 0.5) is 0 Å². The minimum Gasteiger partial charge on any atom is -0.496 e. The van der Waals surface area contributed by atoms with Crippen molar-refractivity contribution < 1.29 is 9.47 Å². The molecule has 0 heterocycles. The van der Waals surface area contributed by atoms with Gasteiger partial charge in [-0.3, -0.25) is 0 Å². The van der Waals surface area contributed by atoms with Gasteiger partial charge in [0.2, 0.25) is 0 Å². The summed E-state index contributed by atoms with van der Waals surface area (Å²) in [6, 6.07) is 12.2. The van der Waals surface area contributed by atoms with Gasteiger partial charge < -0.3 is 9.47 Å². The summed E-state index contributed by atoms with van der Waals surface area (Å²) < 4.78 is 11.3. The standard InChI is InChI=1S/C16H16O2/c1-10(2)13-9-12(5-7-15(13)17-3)18-16-6-4-11-8-14(11)16/h4-10H,1-3H3. The van der Waals surface area contributed by atoms with E-state index in [4.69, 9.17) is 9.47 Å². The number of fused-ring (bicyclic) bond motifs is 1. The van der Waals surface area contributed by atoms with Crippen LogP contribution >= 0.6 is 0 Å². The highest BCUT2D eigenvalue weighted by atomic mass is 16.5. The van der Waals surface area contributed by atoms with Gasteiger partial charge in [0.25, 0.3) is 0 Å². The minimum atomic E-state index is 0.412. The molecule has 1 aromatic carbocycles. The molecule has 0 atom stereocenters. The third-order valence-corrected chi connectivity index (χ3v) is 3.26. The predicted octanol–water partition coefficient (Wildman–Crippen LogP) is 4.59. The lowest BCUT2D eigenvalue weighted by Gasteiger charge is -2.13. The second kappa shape index (κ2) is 4.05. The molecule has 3 rings (SSSR count). The first-order valence-electron chi connectivity index (χ1n) is 6.19. The van der Waals surface area contributed by atoms with Gasteiger partial charge in [0.1, 0.15) is 17.2 Å². The maximum Gasteiger partial charge on any atom is 0.135 e. The zero-order valence-corrected chi connectivity index (χ0v) is 10.9. The van der Waals surface area contributed by atoms with Gasteiger partial charge >= 0.3 is 0 Å². The summed E-state index contributed by atoms with van der Waals surface area (Å²) in [5.74, 6) is 3.15. The van der Waals surface area contributed by atoms with E-state index < -0.39 is 0 Å². The van der Waals surface area contributed by atoms with Crippen LogP contribution in [0.5, 0.6) is 17.2 Å². The fraction of sp³-hybridized carbons (Fsp3) is 0.250. The molecular weight excluding hydrogens is 224 g/mol. The maximum absolute atomic E-state index is 5.90. The van der Waals surface area contributed by atoms with Crippen LogP contribution in [0, 0.1) is 0 Å². The molecule has 0 N–H and O–H groups in total. The second-order valence-corrected chi connectivity index (χ2v) is 4.87. The van der Waals surface area contributed by atoms with E-state index in [0.717, 1.165) is 17.2 Å². The Labute approximate surface area is 107 Å². The summed E-state index contributed by atoms with van der Waals surface area (Å²) in [5.41, 5.74) is 3.70. The van der Waals surface area contributed by atoms with Gasteiger partial charge in [-0.15, -0.1) is 0 Å². The Morgan fingerprint density at radius 2 is 1.72 bits per heavy atom. The lowest BCUT2D eigenvalue weighted by atomic mass is 10.0. The Balaban J connectivity index is 1.89. The highest BCUT2D eigenvalue weighted by molar-refractivity contribution is 5.87. The number of ether oxygens (including phenoxy) is 2. The molecule has 0 radical (unpaired) electrons. The number of rotatable bonds is 4. The Kier molecular flexibility index (Phi) is 2.51. The highest BCUT2D eigenvalue weighted by Gasteiger charge is 2.19. The van der Waals surface area contributed by atoms with Crippen LogP contribution in [0.3, 0.4) is 0 Å². The van der Waals surface area contributed by atoms with Crippen molar-refractivity contribution in [1.29, 1.82) is 0 Å². The third-order valence-electron chi connectivity index (χ3n) is 3.26. The molecule has 0 saturated carbocycles. The molecule has 0 amide bonds. The molecule has 0 aliphatic heterocycles. The topological polar surface area (TPSA) is 18.5 Å². The average molecular weight is 240 g/mol. The molecule has 18 heavy (non-hydrogen) atoms. The lowest BCUT2D eigenvalue weighted by Crippen LogP contribution is -1.95. The first-order valence-corrected chi connectivity index (χ1v) is 6.19. The summed E-state index contributed by atoms with van der Waals surface area (Å²) in [4.78, 5) is 0. The van der Waals surface area contributed by atoms with E-state index in [1.54, 1.807) is 7.11 Å². The van der Waals surface area contributed by atoms with Crippen LogP contribution in [0.2, 0.25) is 0 Å². The number of benzene rings is 2. The van der Waals surface area contributed by atoms with Crippen molar-refractivity contribution in [1.82, 2.24) is 0 Å². The fourth-order valence-corrected chi connectivity index (χ4v) is 2.17. The normalized spacial score (nSPS) is 11.6. The molecule has 2 aliphatic rings. The molecule has 0 spiro atoms. The van der Waals surface area contributed by atoms with Crippen LogP contribution in [0.15, 0.2) is 36.4 Å². The first kappa shape index (κ1) is 11.1. The van der Waals surface area contributed by atoms with Crippen LogP contribution < -0.4 is 9.47 Å². The maximum atomic E-state index is 5.90. The summed E-state index contributed by atoms with van der Waals surface area (Å²) in [6.45, 7) is 4.30. The van der Waals surface area contributed by atoms with E-state index in [1.807, 2.05) is 18.2 Å². The van der Waals surface area contributed by atoms with Crippen LogP contribution in [-0.4, -0.2) is 7.11 Å². The molecule has 92 valence electrons. The Hall–Kier alpha value is -1.96. The van der Waals surface area contributed by atoms with Gasteiger partial charge in [-0.25, -0.2) is 0 Å². The molecule has 2 heteroatoms. The average Bonchev–Trinajstić information content (AvgIpc) is 3.05. The predicted molar refractivity (Wildman–Crippen MR) is 72.6 cm³/mol. The van der Waals surface area contributed by atoms with Crippen LogP contribution in [-0.2, 0) is 0 Å². The summed E-state index contributed by atoms with van der Waals surface area (Å²) in [6.07, 6.45) is 0. The van der Waals surface area contributed by atoms with E-state index in [2.05, 4.69) is 32.0 Å². The lowest BCUT2D eigenvalue weighted by molar-refractivity contribution is 0.405. The first-order chi connectivity index (χ1) is 8.69. The van der Waals surface area contributed by atoms with Gasteiger partial charge in [-0.05, 0) is 41.8 Å². The minimum absolute atomic E-state index is 0.412. The van der Waals surface area contributed by atoms with Crippen molar-refractivity contribution in [2.45, 2.75) is 19.8 Å². The van der Waals surface area contributed by atoms with Crippen LogP contribution in [0.1, 0.15) is 25.3 Å².